The summed E-state index contributed by atoms with van der Waals surface area (Å²) in [5, 5.41) is 5.54. The average Bonchev–Trinajstić information content (AvgIpc) is 3.36. The Morgan fingerprint density at radius 1 is 1.09 bits per heavy atom. The van der Waals surface area contributed by atoms with Gasteiger partial charge in [-0.3, -0.25) is 9.52 Å². The summed E-state index contributed by atoms with van der Waals surface area (Å²) >= 11 is 7.53. The van der Waals surface area contributed by atoms with Crippen LogP contribution in [0, 0.1) is 0 Å². The molecule has 4 rings (SSSR count). The number of sulfonamides is 1. The van der Waals surface area contributed by atoms with Crippen LogP contribution in [0.5, 0.6) is 0 Å². The SMILES string of the molecule is O=C(NC[C@H](c1cccs1)[NH+]1CCOCC1)c1cccc(S(=O)(=O)Nc2ccc(Cl)cc2)c1. The first-order valence-electron chi connectivity index (χ1n) is 10.5. The van der Waals surface area contributed by atoms with E-state index in [0.29, 0.717) is 30.5 Å². The fourth-order valence-electron chi connectivity index (χ4n) is 3.75. The number of quaternary nitrogens is 1. The van der Waals surface area contributed by atoms with Gasteiger partial charge >= 0.3 is 0 Å². The fourth-order valence-corrected chi connectivity index (χ4v) is 5.87. The molecule has 174 valence electrons. The summed E-state index contributed by atoms with van der Waals surface area (Å²) in [6, 6.07) is 16.6. The number of anilines is 1. The Bertz CT molecular complexity index is 1180. The van der Waals surface area contributed by atoms with Crippen molar-refractivity contribution in [1.82, 2.24) is 5.32 Å². The Morgan fingerprint density at radius 2 is 1.85 bits per heavy atom. The first-order chi connectivity index (χ1) is 15.9. The van der Waals surface area contributed by atoms with Gasteiger partial charge < -0.3 is 15.0 Å². The van der Waals surface area contributed by atoms with E-state index < -0.39 is 10.0 Å². The first kappa shape index (κ1) is 23.7. The van der Waals surface area contributed by atoms with Crippen LogP contribution in [0.15, 0.2) is 70.9 Å². The predicted octanol–water partition coefficient (Wildman–Crippen LogP) is 2.59. The number of carbonyl (C=O) groups excluding carboxylic acids is 1. The Kier molecular flexibility index (Phi) is 7.67. The third-order valence-corrected chi connectivity index (χ3v) is 8.10. The van der Waals surface area contributed by atoms with Crippen molar-refractivity contribution < 1.29 is 22.8 Å². The number of morpholine rings is 1. The summed E-state index contributed by atoms with van der Waals surface area (Å²) in [5.41, 5.74) is 0.678. The largest absolute Gasteiger partial charge is 0.370 e. The van der Waals surface area contributed by atoms with Crippen LogP contribution in [0.25, 0.3) is 0 Å². The van der Waals surface area contributed by atoms with Gasteiger partial charge in [0, 0.05) is 16.3 Å². The molecule has 3 N–H and O–H groups in total. The standard InChI is InChI=1S/C23H24ClN3O4S2/c24-18-6-8-19(9-7-18)26-33(29,30)20-4-1-3-17(15-20)23(28)25-16-21(22-5-2-14-32-22)27-10-12-31-13-11-27/h1-9,14-15,21,26H,10-13,16H2,(H,25,28)/p+1/t21-/m1/s1. The van der Waals surface area contributed by atoms with E-state index in [1.807, 2.05) is 11.4 Å². The highest BCUT2D eigenvalue weighted by atomic mass is 35.5. The van der Waals surface area contributed by atoms with Gasteiger partial charge in [-0.15, -0.1) is 11.3 Å². The number of ether oxygens (including phenoxy) is 1. The van der Waals surface area contributed by atoms with Gasteiger partial charge in [0.15, 0.2) is 0 Å². The number of rotatable bonds is 8. The van der Waals surface area contributed by atoms with Crippen molar-refractivity contribution in [2.24, 2.45) is 0 Å². The Morgan fingerprint density at radius 3 is 2.55 bits per heavy atom. The van der Waals surface area contributed by atoms with Crippen molar-refractivity contribution >= 4 is 44.6 Å². The summed E-state index contributed by atoms with van der Waals surface area (Å²) in [6.45, 7) is 3.61. The van der Waals surface area contributed by atoms with Crippen molar-refractivity contribution in [3.05, 3.63) is 81.5 Å². The van der Waals surface area contributed by atoms with Crippen LogP contribution >= 0.6 is 22.9 Å². The van der Waals surface area contributed by atoms with Gasteiger partial charge in [-0.25, -0.2) is 8.42 Å². The monoisotopic (exact) mass is 506 g/mol. The number of halogens is 1. The molecule has 33 heavy (non-hydrogen) atoms. The third-order valence-electron chi connectivity index (χ3n) is 5.48. The summed E-state index contributed by atoms with van der Waals surface area (Å²) in [4.78, 5) is 15.5. The average molecular weight is 507 g/mol. The van der Waals surface area contributed by atoms with Gasteiger partial charge in [-0.2, -0.15) is 0 Å². The molecular weight excluding hydrogens is 482 g/mol. The van der Waals surface area contributed by atoms with E-state index in [4.69, 9.17) is 16.3 Å². The van der Waals surface area contributed by atoms with Crippen LogP contribution in [-0.4, -0.2) is 47.2 Å². The number of amides is 1. The number of hydrogen-bond donors (Lipinski definition) is 3. The quantitative estimate of drug-likeness (QED) is 0.438. The molecule has 1 amide bonds. The molecule has 0 unspecified atom stereocenters. The third kappa shape index (κ3) is 6.13. The van der Waals surface area contributed by atoms with E-state index in [1.165, 1.54) is 21.9 Å². The smallest absolute Gasteiger partial charge is 0.261 e. The zero-order valence-electron chi connectivity index (χ0n) is 17.8. The van der Waals surface area contributed by atoms with Gasteiger partial charge in [0.1, 0.15) is 19.1 Å². The van der Waals surface area contributed by atoms with E-state index in [0.717, 1.165) is 13.1 Å². The molecule has 1 atom stereocenters. The molecule has 0 saturated carbocycles. The van der Waals surface area contributed by atoms with Crippen molar-refractivity contribution in [2.75, 3.05) is 37.6 Å². The normalized spacial score (nSPS) is 15.7. The predicted molar refractivity (Wildman–Crippen MR) is 130 cm³/mol. The van der Waals surface area contributed by atoms with Crippen LogP contribution in [0.3, 0.4) is 0 Å². The van der Waals surface area contributed by atoms with Gasteiger partial charge in [0.2, 0.25) is 0 Å². The minimum Gasteiger partial charge on any atom is -0.370 e. The van der Waals surface area contributed by atoms with Crippen LogP contribution in [0.1, 0.15) is 21.3 Å². The molecule has 1 aromatic heterocycles. The second kappa shape index (κ2) is 10.7. The number of thiophene rings is 1. The summed E-state index contributed by atoms with van der Waals surface area (Å²) in [7, 11) is -3.86. The molecule has 0 radical (unpaired) electrons. The molecule has 10 heteroatoms. The van der Waals surface area contributed by atoms with Gasteiger partial charge in [-0.1, -0.05) is 23.7 Å². The Balaban J connectivity index is 1.46. The molecule has 0 bridgehead atoms. The van der Waals surface area contributed by atoms with Gasteiger partial charge in [0.25, 0.3) is 15.9 Å². The first-order valence-corrected chi connectivity index (χ1v) is 13.3. The topological polar surface area (TPSA) is 88.9 Å². The second-order valence-corrected chi connectivity index (χ2v) is 10.8. The van der Waals surface area contributed by atoms with Crippen molar-refractivity contribution in [2.45, 2.75) is 10.9 Å². The van der Waals surface area contributed by atoms with E-state index in [2.05, 4.69) is 16.1 Å². The molecule has 1 fully saturated rings. The molecule has 3 aromatic rings. The molecule has 0 aliphatic carbocycles. The van der Waals surface area contributed by atoms with Crippen LogP contribution in [-0.2, 0) is 14.8 Å². The van der Waals surface area contributed by atoms with Crippen LogP contribution in [0.2, 0.25) is 5.02 Å². The highest BCUT2D eigenvalue weighted by Crippen LogP contribution is 2.20. The molecule has 1 saturated heterocycles. The lowest BCUT2D eigenvalue weighted by Crippen LogP contribution is -3.15. The molecule has 7 nitrogen and oxygen atoms in total. The lowest BCUT2D eigenvalue weighted by atomic mass is 10.1. The molecule has 2 heterocycles. The Hall–Kier alpha value is -2.43. The lowest BCUT2D eigenvalue weighted by Gasteiger charge is -2.31. The van der Waals surface area contributed by atoms with Crippen molar-refractivity contribution in [1.29, 1.82) is 0 Å². The van der Waals surface area contributed by atoms with E-state index in [9.17, 15) is 13.2 Å². The van der Waals surface area contributed by atoms with Crippen molar-refractivity contribution in [3.8, 4) is 0 Å². The van der Waals surface area contributed by atoms with E-state index >= 15 is 0 Å². The highest BCUT2D eigenvalue weighted by Gasteiger charge is 2.28. The van der Waals surface area contributed by atoms with Crippen LogP contribution in [0.4, 0.5) is 5.69 Å². The Labute approximate surface area is 202 Å². The summed E-state index contributed by atoms with van der Waals surface area (Å²) < 4.78 is 33.6. The fraction of sp³-hybridized carbons (Fsp3) is 0.261. The molecule has 1 aliphatic heterocycles. The summed E-state index contributed by atoms with van der Waals surface area (Å²) in [5.74, 6) is -0.312. The minimum absolute atomic E-state index is 0.0127. The minimum atomic E-state index is -3.86. The van der Waals surface area contributed by atoms with Crippen LogP contribution < -0.4 is 14.9 Å². The lowest BCUT2D eigenvalue weighted by molar-refractivity contribution is -0.937. The molecule has 2 aromatic carbocycles. The molecule has 1 aliphatic rings. The number of hydrogen-bond acceptors (Lipinski definition) is 5. The van der Waals surface area contributed by atoms with Gasteiger partial charge in [0.05, 0.1) is 29.5 Å². The maximum Gasteiger partial charge on any atom is 0.261 e. The van der Waals surface area contributed by atoms with E-state index in [1.54, 1.807) is 47.7 Å². The molecular formula is C23H25ClN3O4S2+. The highest BCUT2D eigenvalue weighted by molar-refractivity contribution is 7.92. The second-order valence-electron chi connectivity index (χ2n) is 7.69. The van der Waals surface area contributed by atoms with Crippen molar-refractivity contribution in [3.63, 3.8) is 0 Å². The van der Waals surface area contributed by atoms with E-state index in [-0.39, 0.29) is 22.4 Å². The number of carbonyl (C=O) groups is 1. The zero-order chi connectivity index (χ0) is 23.3. The molecule has 0 spiro atoms. The van der Waals surface area contributed by atoms with Gasteiger partial charge in [-0.05, 0) is 53.9 Å². The number of benzene rings is 2. The zero-order valence-corrected chi connectivity index (χ0v) is 20.2. The number of nitrogens with one attached hydrogen (secondary N) is 3. The maximum absolute atomic E-state index is 12.9. The maximum atomic E-state index is 12.9. The summed E-state index contributed by atoms with van der Waals surface area (Å²) in [6.07, 6.45) is 0.